The fourth-order valence-electron chi connectivity index (χ4n) is 4.63. The van der Waals surface area contributed by atoms with Crippen LogP contribution in [0.3, 0.4) is 0 Å². The number of carbonyl (C=O) groups is 1. The van der Waals surface area contributed by atoms with Crippen LogP contribution in [0.5, 0.6) is 11.8 Å². The van der Waals surface area contributed by atoms with Crippen LogP contribution < -0.4 is 20.1 Å². The van der Waals surface area contributed by atoms with Gasteiger partial charge in [0.15, 0.2) is 0 Å². The maximum absolute atomic E-state index is 13.1. The van der Waals surface area contributed by atoms with Gasteiger partial charge in [-0.05, 0) is 42.3 Å². The van der Waals surface area contributed by atoms with Crippen LogP contribution in [0.25, 0.3) is 0 Å². The van der Waals surface area contributed by atoms with Crippen molar-refractivity contribution in [1.29, 1.82) is 0 Å². The number of nitrogens with one attached hydrogen (secondary N) is 2. The van der Waals surface area contributed by atoms with E-state index in [9.17, 15) is 4.79 Å². The van der Waals surface area contributed by atoms with Crippen LogP contribution in [0, 0.1) is 5.92 Å². The molecule has 2 aromatic carbocycles. The zero-order valence-corrected chi connectivity index (χ0v) is 21.2. The average molecular weight is 490 g/mol. The first-order chi connectivity index (χ1) is 17.6. The Kier molecular flexibility index (Phi) is 8.86. The van der Waals surface area contributed by atoms with Gasteiger partial charge in [0, 0.05) is 56.6 Å². The molecule has 1 aliphatic heterocycles. The Labute approximate surface area is 213 Å². The predicted octanol–water partition coefficient (Wildman–Crippen LogP) is 2.79. The van der Waals surface area contributed by atoms with Crippen LogP contribution in [0.1, 0.15) is 28.2 Å². The van der Waals surface area contributed by atoms with E-state index in [-0.39, 0.29) is 17.7 Å². The van der Waals surface area contributed by atoms with E-state index in [1.807, 2.05) is 24.3 Å². The Morgan fingerprint density at radius 2 is 1.58 bits per heavy atom. The van der Waals surface area contributed by atoms with E-state index >= 15 is 0 Å². The number of hydrogen-bond acceptors (Lipinski definition) is 7. The lowest BCUT2D eigenvalue weighted by atomic mass is 9.88. The molecule has 1 aromatic heterocycles. The number of hydrogen-bond donors (Lipinski definition) is 2. The largest absolute Gasteiger partial charge is 0.497 e. The molecule has 190 valence electrons. The second kappa shape index (κ2) is 12.5. The lowest BCUT2D eigenvalue weighted by Gasteiger charge is -2.19. The number of ether oxygens (including phenoxy) is 2. The van der Waals surface area contributed by atoms with Gasteiger partial charge in [-0.15, -0.1) is 0 Å². The number of likely N-dealkylation sites (tertiary alicyclic amines) is 1. The van der Waals surface area contributed by atoms with E-state index in [1.54, 1.807) is 26.6 Å². The third kappa shape index (κ3) is 6.80. The van der Waals surface area contributed by atoms with Crippen molar-refractivity contribution in [3.63, 3.8) is 0 Å². The SMILES string of the molecule is COc1ccc(CCNC(=O)[C@H]2CN(C)C[C@@H]2c2ccc(CNCc3cnc(OC)nc3)cc2)cc1. The van der Waals surface area contributed by atoms with Gasteiger partial charge in [-0.2, -0.15) is 0 Å². The predicted molar refractivity (Wildman–Crippen MR) is 139 cm³/mol. The molecule has 8 nitrogen and oxygen atoms in total. The Hall–Kier alpha value is -3.49. The highest BCUT2D eigenvalue weighted by atomic mass is 16.5. The fraction of sp³-hybridized carbons (Fsp3) is 0.393. The average Bonchev–Trinajstić information content (AvgIpc) is 3.31. The molecule has 0 radical (unpaired) electrons. The van der Waals surface area contributed by atoms with Gasteiger partial charge in [-0.25, -0.2) is 9.97 Å². The fourth-order valence-corrected chi connectivity index (χ4v) is 4.63. The first-order valence-corrected chi connectivity index (χ1v) is 12.3. The molecule has 2 N–H and O–H groups in total. The molecule has 36 heavy (non-hydrogen) atoms. The molecule has 8 heteroatoms. The molecule has 1 amide bonds. The molecule has 1 aliphatic rings. The molecule has 0 spiro atoms. The minimum absolute atomic E-state index is 0.0510. The summed E-state index contributed by atoms with van der Waals surface area (Å²) in [7, 11) is 5.30. The summed E-state index contributed by atoms with van der Waals surface area (Å²) in [5.74, 6) is 1.11. The second-order valence-electron chi connectivity index (χ2n) is 9.25. The molecule has 3 aromatic rings. The Bertz CT molecular complexity index is 1100. The van der Waals surface area contributed by atoms with Crippen molar-refractivity contribution in [2.45, 2.75) is 25.4 Å². The molecule has 0 unspecified atom stereocenters. The lowest BCUT2D eigenvalue weighted by molar-refractivity contribution is -0.124. The topological polar surface area (TPSA) is 88.6 Å². The summed E-state index contributed by atoms with van der Waals surface area (Å²) < 4.78 is 10.2. The van der Waals surface area contributed by atoms with Crippen molar-refractivity contribution >= 4 is 5.91 Å². The maximum atomic E-state index is 13.1. The normalized spacial score (nSPS) is 17.6. The molecule has 2 heterocycles. The molecule has 0 bridgehead atoms. The van der Waals surface area contributed by atoms with E-state index in [1.165, 1.54) is 16.7 Å². The minimum atomic E-state index is -0.0510. The summed E-state index contributed by atoms with van der Waals surface area (Å²) in [5.41, 5.74) is 4.59. The highest BCUT2D eigenvalue weighted by molar-refractivity contribution is 5.80. The second-order valence-corrected chi connectivity index (χ2v) is 9.25. The number of rotatable bonds is 11. The standard InChI is InChI=1S/C28H35N5O3/c1-33-18-25(26(19-33)27(34)30-13-12-20-6-10-24(35-2)11-7-20)23-8-4-21(5-9-23)14-29-15-22-16-31-28(36-3)32-17-22/h4-11,16-17,25-26,29H,12-15,18-19H2,1-3H3,(H,30,34)/t25-,26+/m1/s1. The maximum Gasteiger partial charge on any atom is 0.316 e. The van der Waals surface area contributed by atoms with E-state index < -0.39 is 0 Å². The van der Waals surface area contributed by atoms with E-state index in [0.717, 1.165) is 37.4 Å². The van der Waals surface area contributed by atoms with Crippen molar-refractivity contribution in [1.82, 2.24) is 25.5 Å². The zero-order valence-electron chi connectivity index (χ0n) is 21.2. The number of carbonyl (C=O) groups excluding carboxylic acids is 1. The monoisotopic (exact) mass is 489 g/mol. The summed E-state index contributed by atoms with van der Waals surface area (Å²) in [5, 5.41) is 6.58. The van der Waals surface area contributed by atoms with Gasteiger partial charge in [-0.1, -0.05) is 36.4 Å². The number of likely N-dealkylation sites (N-methyl/N-ethyl adjacent to an activating group) is 1. The third-order valence-corrected chi connectivity index (χ3v) is 6.64. The van der Waals surface area contributed by atoms with Gasteiger partial charge in [0.05, 0.1) is 20.1 Å². The number of aromatic nitrogens is 2. The molecular weight excluding hydrogens is 454 g/mol. The van der Waals surface area contributed by atoms with Crippen LogP contribution in [-0.2, 0) is 24.3 Å². The minimum Gasteiger partial charge on any atom is -0.497 e. The number of methoxy groups -OCH3 is 2. The summed E-state index contributed by atoms with van der Waals surface area (Å²) in [6.45, 7) is 3.70. The first-order valence-electron chi connectivity index (χ1n) is 12.3. The molecule has 0 saturated carbocycles. The van der Waals surface area contributed by atoms with Crippen molar-refractivity contribution < 1.29 is 14.3 Å². The van der Waals surface area contributed by atoms with Gasteiger partial charge in [0.25, 0.3) is 0 Å². The van der Waals surface area contributed by atoms with Crippen molar-refractivity contribution in [2.24, 2.45) is 5.92 Å². The molecule has 0 aliphatic carbocycles. The molecule has 4 rings (SSSR count). The summed E-state index contributed by atoms with van der Waals surface area (Å²) in [6.07, 6.45) is 4.33. The van der Waals surface area contributed by atoms with Crippen LogP contribution >= 0.6 is 0 Å². The van der Waals surface area contributed by atoms with E-state index in [0.29, 0.717) is 19.1 Å². The van der Waals surface area contributed by atoms with Crippen molar-refractivity contribution in [3.8, 4) is 11.8 Å². The number of amides is 1. The first kappa shape index (κ1) is 25.6. The summed E-state index contributed by atoms with van der Waals surface area (Å²) >= 11 is 0. The van der Waals surface area contributed by atoms with E-state index in [2.05, 4.69) is 56.8 Å². The van der Waals surface area contributed by atoms with Crippen LogP contribution in [0.15, 0.2) is 60.9 Å². The third-order valence-electron chi connectivity index (χ3n) is 6.64. The van der Waals surface area contributed by atoms with Gasteiger partial charge in [-0.3, -0.25) is 4.79 Å². The van der Waals surface area contributed by atoms with Gasteiger partial charge < -0.3 is 25.0 Å². The van der Waals surface area contributed by atoms with Crippen LogP contribution in [0.2, 0.25) is 0 Å². The van der Waals surface area contributed by atoms with Gasteiger partial charge in [0.1, 0.15) is 5.75 Å². The van der Waals surface area contributed by atoms with Crippen molar-refractivity contribution in [3.05, 3.63) is 83.2 Å². The number of nitrogens with zero attached hydrogens (tertiary/aromatic N) is 3. The number of benzene rings is 2. The molecular formula is C28H35N5O3. The zero-order chi connectivity index (χ0) is 25.3. The molecule has 1 saturated heterocycles. The van der Waals surface area contributed by atoms with Crippen molar-refractivity contribution in [2.75, 3.05) is 40.9 Å². The van der Waals surface area contributed by atoms with E-state index in [4.69, 9.17) is 9.47 Å². The van der Waals surface area contributed by atoms with Crippen LogP contribution in [0.4, 0.5) is 0 Å². The smallest absolute Gasteiger partial charge is 0.316 e. The van der Waals surface area contributed by atoms with Gasteiger partial charge >= 0.3 is 6.01 Å². The summed E-state index contributed by atoms with van der Waals surface area (Å²) in [6, 6.07) is 17.0. The van der Waals surface area contributed by atoms with Gasteiger partial charge in [0.2, 0.25) is 5.91 Å². The lowest BCUT2D eigenvalue weighted by Crippen LogP contribution is -2.35. The van der Waals surface area contributed by atoms with Crippen LogP contribution in [-0.4, -0.2) is 61.7 Å². The summed E-state index contributed by atoms with van der Waals surface area (Å²) in [4.78, 5) is 23.6. The highest BCUT2D eigenvalue weighted by Gasteiger charge is 2.36. The molecule has 2 atom stereocenters. The Balaban J connectivity index is 1.27. The Morgan fingerprint density at radius 3 is 2.25 bits per heavy atom. The molecule has 1 fully saturated rings. The Morgan fingerprint density at radius 1 is 0.917 bits per heavy atom. The highest BCUT2D eigenvalue weighted by Crippen LogP contribution is 2.32. The quantitative estimate of drug-likeness (QED) is 0.428.